The third kappa shape index (κ3) is 6.74. The van der Waals surface area contributed by atoms with E-state index in [1.807, 2.05) is 0 Å². The summed E-state index contributed by atoms with van der Waals surface area (Å²) < 4.78 is 50.6. The molecule has 34 heavy (non-hydrogen) atoms. The lowest BCUT2D eigenvalue weighted by Crippen LogP contribution is -2.03. The van der Waals surface area contributed by atoms with Crippen molar-refractivity contribution in [2.45, 2.75) is 38.6 Å². The fourth-order valence-electron chi connectivity index (χ4n) is 3.04. The molecule has 4 aromatic rings. The van der Waals surface area contributed by atoms with Gasteiger partial charge in [0.1, 0.15) is 31.2 Å². The first-order valence-corrected chi connectivity index (χ1v) is 10.5. The molecule has 0 N–H and O–H groups in total. The van der Waals surface area contributed by atoms with Crippen LogP contribution in [0.4, 0.5) is 13.2 Å². The molecule has 0 amide bonds. The van der Waals surface area contributed by atoms with E-state index < -0.39 is 11.7 Å². The van der Waals surface area contributed by atoms with E-state index in [-0.39, 0.29) is 6.61 Å². The van der Waals surface area contributed by atoms with Gasteiger partial charge in [0.05, 0.1) is 23.7 Å². The van der Waals surface area contributed by atoms with Gasteiger partial charge in [0.15, 0.2) is 0 Å². The lowest BCUT2D eigenvalue weighted by Gasteiger charge is -2.05. The second-order valence-electron chi connectivity index (χ2n) is 7.38. The molecule has 4 rings (SSSR count). The summed E-state index contributed by atoms with van der Waals surface area (Å²) >= 11 is 0. The van der Waals surface area contributed by atoms with Crippen molar-refractivity contribution in [3.05, 3.63) is 84.0 Å². The SMILES string of the molecule is FC(F)(F)c1ccc(/C=C/c2nc(COc3cnc(CCCCn4cncn4)cn3)co2)cc1. The van der Waals surface area contributed by atoms with Crippen LogP contribution in [0.2, 0.25) is 0 Å². The van der Waals surface area contributed by atoms with Crippen LogP contribution in [0, 0.1) is 0 Å². The third-order valence-electron chi connectivity index (χ3n) is 4.81. The Morgan fingerprint density at radius 3 is 2.56 bits per heavy atom. The predicted molar refractivity (Wildman–Crippen MR) is 116 cm³/mol. The van der Waals surface area contributed by atoms with Crippen LogP contribution in [-0.4, -0.2) is 29.7 Å². The van der Waals surface area contributed by atoms with E-state index in [1.165, 1.54) is 24.7 Å². The molecule has 3 heterocycles. The molecule has 0 atom stereocenters. The van der Waals surface area contributed by atoms with Crippen LogP contribution in [-0.2, 0) is 25.7 Å². The number of nitrogens with zero attached hydrogens (tertiary/aromatic N) is 6. The first-order valence-electron chi connectivity index (χ1n) is 10.5. The fraction of sp³-hybridized carbons (Fsp3) is 0.261. The zero-order valence-electron chi connectivity index (χ0n) is 18.0. The molecule has 0 saturated heterocycles. The van der Waals surface area contributed by atoms with Crippen molar-refractivity contribution in [1.29, 1.82) is 0 Å². The lowest BCUT2D eigenvalue weighted by atomic mass is 10.1. The summed E-state index contributed by atoms with van der Waals surface area (Å²) in [6.07, 6.45) is 9.47. The van der Waals surface area contributed by atoms with Crippen molar-refractivity contribution in [3.63, 3.8) is 0 Å². The van der Waals surface area contributed by atoms with Crippen molar-refractivity contribution in [2.75, 3.05) is 0 Å². The molecule has 176 valence electrons. The van der Waals surface area contributed by atoms with Crippen molar-refractivity contribution < 1.29 is 22.3 Å². The third-order valence-corrected chi connectivity index (χ3v) is 4.81. The van der Waals surface area contributed by atoms with E-state index in [0.717, 1.165) is 43.6 Å². The molecular formula is C23H21F3N6O2. The minimum atomic E-state index is -4.36. The maximum Gasteiger partial charge on any atom is 0.416 e. The van der Waals surface area contributed by atoms with Crippen LogP contribution in [0.25, 0.3) is 12.2 Å². The average Bonchev–Trinajstić information content (AvgIpc) is 3.52. The molecular weight excluding hydrogens is 449 g/mol. The lowest BCUT2D eigenvalue weighted by molar-refractivity contribution is -0.137. The van der Waals surface area contributed by atoms with Gasteiger partial charge in [0, 0.05) is 12.6 Å². The Balaban J connectivity index is 1.21. The quantitative estimate of drug-likeness (QED) is 0.306. The second kappa shape index (κ2) is 10.7. The van der Waals surface area contributed by atoms with Crippen LogP contribution >= 0.6 is 0 Å². The van der Waals surface area contributed by atoms with Gasteiger partial charge in [-0.05, 0) is 43.0 Å². The molecule has 0 spiro atoms. The maximum atomic E-state index is 12.6. The zero-order valence-corrected chi connectivity index (χ0v) is 18.0. The van der Waals surface area contributed by atoms with Crippen LogP contribution in [0.5, 0.6) is 5.88 Å². The van der Waals surface area contributed by atoms with Gasteiger partial charge < -0.3 is 9.15 Å². The van der Waals surface area contributed by atoms with E-state index in [1.54, 1.807) is 35.6 Å². The second-order valence-corrected chi connectivity index (χ2v) is 7.38. The topological polar surface area (TPSA) is 91.8 Å². The first-order chi connectivity index (χ1) is 16.5. The van der Waals surface area contributed by atoms with Gasteiger partial charge in [-0.1, -0.05) is 12.1 Å². The van der Waals surface area contributed by atoms with E-state index in [4.69, 9.17) is 9.15 Å². The van der Waals surface area contributed by atoms with Crippen molar-refractivity contribution in [3.8, 4) is 5.88 Å². The average molecular weight is 470 g/mol. The van der Waals surface area contributed by atoms with E-state index in [0.29, 0.717) is 23.0 Å². The molecule has 8 nitrogen and oxygen atoms in total. The van der Waals surface area contributed by atoms with Gasteiger partial charge in [-0.3, -0.25) is 9.67 Å². The Morgan fingerprint density at radius 2 is 1.85 bits per heavy atom. The summed E-state index contributed by atoms with van der Waals surface area (Å²) in [7, 11) is 0. The summed E-state index contributed by atoms with van der Waals surface area (Å²) in [6, 6.07) is 4.82. The van der Waals surface area contributed by atoms with Crippen LogP contribution in [0.3, 0.4) is 0 Å². The number of ether oxygens (including phenoxy) is 1. The molecule has 0 unspecified atom stereocenters. The smallest absolute Gasteiger partial charge is 0.416 e. The molecule has 0 aliphatic rings. The minimum absolute atomic E-state index is 0.142. The van der Waals surface area contributed by atoms with Crippen LogP contribution in [0.15, 0.2) is 60.0 Å². The molecule has 0 radical (unpaired) electrons. The molecule has 3 aromatic heterocycles. The number of benzene rings is 1. The Morgan fingerprint density at radius 1 is 1.00 bits per heavy atom. The number of unbranched alkanes of at least 4 members (excludes halogenated alkanes) is 1. The number of hydrogen-bond donors (Lipinski definition) is 0. The van der Waals surface area contributed by atoms with Gasteiger partial charge in [-0.2, -0.15) is 18.3 Å². The summed E-state index contributed by atoms with van der Waals surface area (Å²) in [5.41, 5.74) is 1.33. The Labute approximate surface area is 193 Å². The highest BCUT2D eigenvalue weighted by Crippen LogP contribution is 2.29. The van der Waals surface area contributed by atoms with Gasteiger partial charge >= 0.3 is 6.18 Å². The molecule has 11 heteroatoms. The van der Waals surface area contributed by atoms with Crippen LogP contribution < -0.4 is 4.74 Å². The number of hydrogen-bond acceptors (Lipinski definition) is 7. The Kier molecular flexibility index (Phi) is 7.31. The highest BCUT2D eigenvalue weighted by Gasteiger charge is 2.29. The van der Waals surface area contributed by atoms with Gasteiger partial charge in [-0.25, -0.2) is 15.0 Å². The maximum absolute atomic E-state index is 12.6. The highest BCUT2D eigenvalue weighted by atomic mass is 19.4. The van der Waals surface area contributed by atoms with E-state index in [9.17, 15) is 13.2 Å². The highest BCUT2D eigenvalue weighted by molar-refractivity contribution is 5.66. The molecule has 1 aromatic carbocycles. The summed E-state index contributed by atoms with van der Waals surface area (Å²) in [5, 5.41) is 4.06. The van der Waals surface area contributed by atoms with Gasteiger partial charge in [0.2, 0.25) is 11.8 Å². The zero-order chi connectivity index (χ0) is 23.8. The van der Waals surface area contributed by atoms with Crippen molar-refractivity contribution >= 4 is 12.2 Å². The number of halogens is 3. The Hall–Kier alpha value is -4.02. The fourth-order valence-corrected chi connectivity index (χ4v) is 3.04. The molecule has 0 fully saturated rings. The summed E-state index contributed by atoms with van der Waals surface area (Å²) in [4.78, 5) is 16.8. The first kappa shape index (κ1) is 23.1. The van der Waals surface area contributed by atoms with E-state index >= 15 is 0 Å². The van der Waals surface area contributed by atoms with Gasteiger partial charge in [-0.15, -0.1) is 0 Å². The number of alkyl halides is 3. The molecule has 0 bridgehead atoms. The molecule has 0 aliphatic carbocycles. The number of oxazole rings is 1. The van der Waals surface area contributed by atoms with Crippen molar-refractivity contribution in [1.82, 2.24) is 29.7 Å². The summed E-state index contributed by atoms with van der Waals surface area (Å²) in [5.74, 6) is 0.682. The molecule has 0 aliphatic heterocycles. The number of aryl methyl sites for hydroxylation is 2. The summed E-state index contributed by atoms with van der Waals surface area (Å²) in [6.45, 7) is 0.956. The predicted octanol–water partition coefficient (Wildman–Crippen LogP) is 4.85. The minimum Gasteiger partial charge on any atom is -0.470 e. The monoisotopic (exact) mass is 470 g/mol. The van der Waals surface area contributed by atoms with Crippen molar-refractivity contribution in [2.24, 2.45) is 0 Å². The molecule has 0 saturated carbocycles. The largest absolute Gasteiger partial charge is 0.470 e. The van der Waals surface area contributed by atoms with Gasteiger partial charge in [0.25, 0.3) is 0 Å². The standard InChI is InChI=1S/C23H21F3N6O2/c24-23(25,26)18-7-4-17(5-8-18)6-9-21-31-20(13-33-21)14-34-22-12-28-19(11-29-22)3-1-2-10-32-16-27-15-30-32/h4-9,11-13,15-16H,1-3,10,14H2/b9-6+. The van der Waals surface area contributed by atoms with Crippen LogP contribution in [0.1, 0.15) is 41.2 Å². The number of aromatic nitrogens is 6. The normalized spacial score (nSPS) is 11.9. The number of rotatable bonds is 10. The van der Waals surface area contributed by atoms with E-state index in [2.05, 4.69) is 25.0 Å². The Bertz CT molecular complexity index is 1190.